The third kappa shape index (κ3) is 6.53. The summed E-state index contributed by atoms with van der Waals surface area (Å²) in [5, 5.41) is 0. The van der Waals surface area contributed by atoms with Gasteiger partial charge in [0.25, 0.3) is 0 Å². The summed E-state index contributed by atoms with van der Waals surface area (Å²) < 4.78 is 0. The first-order valence-electron chi connectivity index (χ1n) is 15.8. The van der Waals surface area contributed by atoms with Crippen LogP contribution in [0, 0.1) is 23.7 Å². The fraction of sp³-hybridized carbons (Fsp3) is 0.111. The van der Waals surface area contributed by atoms with E-state index < -0.39 is 0 Å². The maximum absolute atomic E-state index is 3.50. The molecule has 0 radical (unpaired) electrons. The monoisotopic (exact) mass is 574 g/mol. The van der Waals surface area contributed by atoms with Crippen LogP contribution in [0.2, 0.25) is 0 Å². The summed E-state index contributed by atoms with van der Waals surface area (Å²) in [5.41, 5.74) is 9.48. The highest BCUT2D eigenvalue weighted by molar-refractivity contribution is 5.54. The van der Waals surface area contributed by atoms with Crippen molar-refractivity contribution >= 4 is 0 Å². The summed E-state index contributed by atoms with van der Waals surface area (Å²) >= 11 is 0. The Balaban J connectivity index is 1.42. The number of benzene rings is 6. The molecule has 0 bridgehead atoms. The third-order valence-electron chi connectivity index (χ3n) is 8.99. The molecule has 1 fully saturated rings. The van der Waals surface area contributed by atoms with E-state index >= 15 is 0 Å². The molecule has 1 saturated carbocycles. The molecule has 4 unspecified atom stereocenters. The molecule has 0 spiro atoms. The summed E-state index contributed by atoms with van der Waals surface area (Å²) in [6, 6.07) is 60.6. The average molecular weight is 575 g/mol. The molecule has 0 saturated heterocycles. The molecule has 7 rings (SSSR count). The Bertz CT molecular complexity index is 1890. The van der Waals surface area contributed by atoms with Crippen molar-refractivity contribution in [2.45, 2.75) is 30.1 Å². The van der Waals surface area contributed by atoms with E-state index in [2.05, 4.69) is 157 Å². The lowest BCUT2D eigenvalue weighted by Crippen LogP contribution is -2.14. The normalized spacial score (nSPS) is 18.7. The number of hydrogen-bond donors (Lipinski definition) is 0. The molecule has 6 aromatic carbocycles. The van der Waals surface area contributed by atoms with Gasteiger partial charge in [0.1, 0.15) is 0 Å². The summed E-state index contributed by atoms with van der Waals surface area (Å²) in [5.74, 6) is 15.1. The van der Waals surface area contributed by atoms with Crippen LogP contribution in [-0.2, 0) is 0 Å². The maximum atomic E-state index is 3.50. The fourth-order valence-corrected chi connectivity index (χ4v) is 7.03. The standard InChI is InChI=1S/C45H34/c1-6-16-34(17-7-1)26-28-36-30-37(29-27-35-18-8-2-9-19-35)32-41(31-36)45-43(39-22-12-4-13-23-39)33-42(38-20-10-3-11-21-38)44(45)40-24-14-5-15-25-40/h1-25,30-32,42-45H,33H2. The minimum Gasteiger partial charge on any atom is -0.0622 e. The van der Waals surface area contributed by atoms with E-state index in [1.165, 1.54) is 22.3 Å². The molecule has 1 aliphatic carbocycles. The molecule has 0 aromatic heterocycles. The van der Waals surface area contributed by atoms with Crippen LogP contribution in [0.4, 0.5) is 0 Å². The van der Waals surface area contributed by atoms with Crippen molar-refractivity contribution in [2.24, 2.45) is 0 Å². The van der Waals surface area contributed by atoms with E-state index in [-0.39, 0.29) is 5.92 Å². The van der Waals surface area contributed by atoms with Crippen molar-refractivity contribution in [1.29, 1.82) is 0 Å². The molecule has 1 aliphatic rings. The Kier molecular flexibility index (Phi) is 8.40. The lowest BCUT2D eigenvalue weighted by atomic mass is 9.74. The molecule has 0 heterocycles. The highest BCUT2D eigenvalue weighted by atomic mass is 14.5. The third-order valence-corrected chi connectivity index (χ3v) is 8.99. The summed E-state index contributed by atoms with van der Waals surface area (Å²) in [7, 11) is 0. The van der Waals surface area contributed by atoms with Gasteiger partial charge in [-0.25, -0.2) is 0 Å². The Labute approximate surface area is 267 Å². The van der Waals surface area contributed by atoms with Crippen LogP contribution in [-0.4, -0.2) is 0 Å². The van der Waals surface area contributed by atoms with Crippen molar-refractivity contribution in [2.75, 3.05) is 0 Å². The van der Waals surface area contributed by atoms with Crippen LogP contribution in [0.5, 0.6) is 0 Å². The van der Waals surface area contributed by atoms with Gasteiger partial charge in [0.05, 0.1) is 0 Å². The summed E-state index contributed by atoms with van der Waals surface area (Å²) in [6.45, 7) is 0. The van der Waals surface area contributed by atoms with Crippen molar-refractivity contribution < 1.29 is 0 Å². The van der Waals surface area contributed by atoms with Gasteiger partial charge < -0.3 is 0 Å². The molecule has 0 nitrogen and oxygen atoms in total. The number of rotatable bonds is 4. The van der Waals surface area contributed by atoms with E-state index in [1.807, 2.05) is 36.4 Å². The highest BCUT2D eigenvalue weighted by Gasteiger charge is 2.45. The largest absolute Gasteiger partial charge is 0.0622 e. The van der Waals surface area contributed by atoms with Crippen LogP contribution in [0.3, 0.4) is 0 Å². The first-order chi connectivity index (χ1) is 22.3. The van der Waals surface area contributed by atoms with Crippen molar-refractivity contribution in [1.82, 2.24) is 0 Å². The SMILES string of the molecule is C(#Cc1cc(C#Cc2ccccc2)cc(C2C(c3ccccc3)CC(c3ccccc3)C2c2ccccc2)c1)c1ccccc1. The zero-order valence-electron chi connectivity index (χ0n) is 25.2. The average Bonchev–Trinajstić information content (AvgIpc) is 3.53. The second kappa shape index (κ2) is 13.4. The van der Waals surface area contributed by atoms with E-state index in [0.29, 0.717) is 17.8 Å². The molecular weight excluding hydrogens is 540 g/mol. The highest BCUT2D eigenvalue weighted by Crippen LogP contribution is 2.60. The van der Waals surface area contributed by atoms with Crippen molar-refractivity contribution in [3.05, 3.63) is 214 Å². The minimum absolute atomic E-state index is 0.246. The van der Waals surface area contributed by atoms with Crippen LogP contribution < -0.4 is 0 Å². The molecular formula is C45H34. The lowest BCUT2D eigenvalue weighted by molar-refractivity contribution is 0.553. The molecule has 0 N–H and O–H groups in total. The van der Waals surface area contributed by atoms with Crippen LogP contribution >= 0.6 is 0 Å². The van der Waals surface area contributed by atoms with Gasteiger partial charge in [-0.3, -0.25) is 0 Å². The Morgan fingerprint density at radius 3 is 1.07 bits per heavy atom. The smallest absolute Gasteiger partial charge is 0.0264 e. The Morgan fingerprint density at radius 1 is 0.311 bits per heavy atom. The van der Waals surface area contributed by atoms with E-state index in [0.717, 1.165) is 28.7 Å². The second-order valence-electron chi connectivity index (χ2n) is 11.8. The maximum Gasteiger partial charge on any atom is 0.0264 e. The van der Waals surface area contributed by atoms with Crippen LogP contribution in [0.15, 0.2) is 170 Å². The first kappa shape index (κ1) is 28.2. The second-order valence-corrected chi connectivity index (χ2v) is 11.8. The molecule has 214 valence electrons. The predicted molar refractivity (Wildman–Crippen MR) is 186 cm³/mol. The molecule has 4 atom stereocenters. The topological polar surface area (TPSA) is 0 Å². The minimum atomic E-state index is 0.246. The van der Waals surface area contributed by atoms with Gasteiger partial charge in [-0.05, 0) is 94.8 Å². The molecule has 0 heteroatoms. The van der Waals surface area contributed by atoms with E-state index in [9.17, 15) is 0 Å². The Morgan fingerprint density at radius 2 is 0.644 bits per heavy atom. The van der Waals surface area contributed by atoms with Gasteiger partial charge in [0.15, 0.2) is 0 Å². The van der Waals surface area contributed by atoms with Crippen molar-refractivity contribution in [3.63, 3.8) is 0 Å². The number of hydrogen-bond acceptors (Lipinski definition) is 0. The Hall–Kier alpha value is -5.56. The summed E-state index contributed by atoms with van der Waals surface area (Å²) in [6.07, 6.45) is 1.07. The fourth-order valence-electron chi connectivity index (χ4n) is 7.03. The van der Waals surface area contributed by atoms with Crippen LogP contribution in [0.1, 0.15) is 74.6 Å². The van der Waals surface area contributed by atoms with Gasteiger partial charge in [-0.1, -0.05) is 151 Å². The van der Waals surface area contributed by atoms with Crippen LogP contribution in [0.25, 0.3) is 0 Å². The molecule has 6 aromatic rings. The first-order valence-corrected chi connectivity index (χ1v) is 15.8. The summed E-state index contributed by atoms with van der Waals surface area (Å²) in [4.78, 5) is 0. The zero-order chi connectivity index (χ0) is 30.3. The van der Waals surface area contributed by atoms with Crippen molar-refractivity contribution in [3.8, 4) is 23.7 Å². The van der Waals surface area contributed by atoms with Gasteiger partial charge in [0, 0.05) is 22.3 Å². The predicted octanol–water partition coefficient (Wildman–Crippen LogP) is 10.3. The quantitative estimate of drug-likeness (QED) is 0.184. The molecule has 45 heavy (non-hydrogen) atoms. The van der Waals surface area contributed by atoms with Gasteiger partial charge in [-0.2, -0.15) is 0 Å². The van der Waals surface area contributed by atoms with E-state index in [4.69, 9.17) is 0 Å². The zero-order valence-corrected chi connectivity index (χ0v) is 25.2. The molecule has 0 aliphatic heterocycles. The van der Waals surface area contributed by atoms with Gasteiger partial charge in [0.2, 0.25) is 0 Å². The van der Waals surface area contributed by atoms with Gasteiger partial charge >= 0.3 is 0 Å². The van der Waals surface area contributed by atoms with Gasteiger partial charge in [-0.15, -0.1) is 0 Å². The van der Waals surface area contributed by atoms with E-state index in [1.54, 1.807) is 0 Å². The molecule has 0 amide bonds. The lowest BCUT2D eigenvalue weighted by Gasteiger charge is -2.29.